The number of fused-ring (bicyclic) bond motifs is 3. The minimum absolute atomic E-state index is 0.00905. The highest BCUT2D eigenvalue weighted by atomic mass is 35.5. The second-order valence-electron chi connectivity index (χ2n) is 6.22. The van der Waals surface area contributed by atoms with Gasteiger partial charge in [-0.2, -0.15) is 0 Å². The molecule has 0 bridgehead atoms. The van der Waals surface area contributed by atoms with Gasteiger partial charge in [0.05, 0.1) is 18.4 Å². The number of hydrogen-bond acceptors (Lipinski definition) is 5. The van der Waals surface area contributed by atoms with Crippen molar-refractivity contribution in [1.82, 2.24) is 9.97 Å². The molecule has 2 heterocycles. The highest BCUT2D eigenvalue weighted by Crippen LogP contribution is 2.39. The lowest BCUT2D eigenvalue weighted by molar-refractivity contribution is -0.146. The van der Waals surface area contributed by atoms with E-state index in [0.717, 1.165) is 47.1 Å². The Kier molecular flexibility index (Phi) is 4.14. The number of carbonyl (C=O) groups is 1. The molecule has 24 heavy (non-hydrogen) atoms. The first-order valence-electron chi connectivity index (χ1n) is 8.10. The zero-order chi connectivity index (χ0) is 16.7. The van der Waals surface area contributed by atoms with Crippen molar-refractivity contribution in [2.24, 2.45) is 5.92 Å². The quantitative estimate of drug-likeness (QED) is 0.479. The number of hydrogen-bond donors (Lipinski definition) is 0. The number of halogens is 1. The molecule has 0 aliphatic heterocycles. The van der Waals surface area contributed by atoms with Crippen molar-refractivity contribution in [2.45, 2.75) is 31.6 Å². The maximum absolute atomic E-state index is 11.7. The number of carbonyl (C=O) groups excluding carboxylic acids is 1. The van der Waals surface area contributed by atoms with Gasteiger partial charge in [0.15, 0.2) is 0 Å². The Bertz CT molecular complexity index is 916. The van der Waals surface area contributed by atoms with E-state index >= 15 is 0 Å². The smallest absolute Gasteiger partial charge is 0.308 e. The molecule has 2 aromatic heterocycles. The van der Waals surface area contributed by atoms with Crippen molar-refractivity contribution in [3.8, 4) is 0 Å². The second kappa shape index (κ2) is 6.30. The Morgan fingerprint density at radius 1 is 1.21 bits per heavy atom. The molecule has 0 unspecified atom stereocenters. The van der Waals surface area contributed by atoms with E-state index in [1.54, 1.807) is 11.3 Å². The first-order chi connectivity index (χ1) is 11.7. The maximum Gasteiger partial charge on any atom is 0.308 e. The molecule has 0 atom stereocenters. The molecule has 3 aromatic rings. The first kappa shape index (κ1) is 15.8. The third-order valence-electron chi connectivity index (χ3n) is 4.84. The van der Waals surface area contributed by atoms with E-state index in [-0.39, 0.29) is 17.8 Å². The van der Waals surface area contributed by atoms with E-state index in [9.17, 15) is 4.79 Å². The summed E-state index contributed by atoms with van der Waals surface area (Å²) in [5.41, 5.74) is 0. The molecule has 6 heteroatoms. The van der Waals surface area contributed by atoms with E-state index < -0.39 is 0 Å². The lowest BCUT2D eigenvalue weighted by atomic mass is 9.81. The summed E-state index contributed by atoms with van der Waals surface area (Å²) < 4.78 is 6.03. The first-order valence-corrected chi connectivity index (χ1v) is 9.29. The Labute approximate surface area is 148 Å². The summed E-state index contributed by atoms with van der Waals surface area (Å²) in [5.74, 6) is 0.975. The summed E-state index contributed by atoms with van der Waals surface area (Å²) >= 11 is 8.14. The monoisotopic (exact) mass is 360 g/mol. The van der Waals surface area contributed by atoms with Crippen molar-refractivity contribution < 1.29 is 9.53 Å². The fourth-order valence-electron chi connectivity index (χ4n) is 3.53. The van der Waals surface area contributed by atoms with Gasteiger partial charge in [-0.15, -0.1) is 11.3 Å². The van der Waals surface area contributed by atoms with Gasteiger partial charge < -0.3 is 4.74 Å². The lowest BCUT2D eigenvalue weighted by Crippen LogP contribution is -2.22. The van der Waals surface area contributed by atoms with Gasteiger partial charge in [0.2, 0.25) is 0 Å². The van der Waals surface area contributed by atoms with Crippen LogP contribution >= 0.6 is 22.9 Å². The molecule has 0 spiro atoms. The van der Waals surface area contributed by atoms with Crippen LogP contribution in [0.1, 0.15) is 37.4 Å². The van der Waals surface area contributed by atoms with Gasteiger partial charge in [-0.3, -0.25) is 4.79 Å². The van der Waals surface area contributed by atoms with Gasteiger partial charge in [-0.1, -0.05) is 29.8 Å². The standard InChI is InChI=1S/C18H17ClN2O2S/c1-23-18(22)11-8-6-10(7-9-11)16-20-15(19)14-12-4-2-3-5-13(12)24-17(14)21-16/h2-5,10-11H,6-9H2,1H3. The molecular weight excluding hydrogens is 344 g/mol. The van der Waals surface area contributed by atoms with Gasteiger partial charge >= 0.3 is 5.97 Å². The molecule has 0 N–H and O–H groups in total. The van der Waals surface area contributed by atoms with Crippen molar-refractivity contribution in [3.05, 3.63) is 35.2 Å². The summed E-state index contributed by atoms with van der Waals surface area (Å²) in [7, 11) is 1.45. The highest BCUT2D eigenvalue weighted by Gasteiger charge is 2.29. The molecule has 1 aromatic carbocycles. The van der Waals surface area contributed by atoms with Crippen LogP contribution in [0.2, 0.25) is 5.15 Å². The third kappa shape index (κ3) is 2.66. The molecule has 0 amide bonds. The van der Waals surface area contributed by atoms with Gasteiger partial charge in [0.25, 0.3) is 0 Å². The summed E-state index contributed by atoms with van der Waals surface area (Å²) in [5, 5.41) is 2.59. The molecule has 1 fully saturated rings. The topological polar surface area (TPSA) is 52.1 Å². The van der Waals surface area contributed by atoms with Gasteiger partial charge in [0.1, 0.15) is 15.8 Å². The molecular formula is C18H17ClN2O2S. The Morgan fingerprint density at radius 3 is 2.71 bits per heavy atom. The largest absolute Gasteiger partial charge is 0.469 e. The lowest BCUT2D eigenvalue weighted by Gasteiger charge is -2.25. The number of thiophene rings is 1. The molecule has 4 rings (SSSR count). The number of methoxy groups -OCH3 is 1. The van der Waals surface area contributed by atoms with Crippen LogP contribution in [0.3, 0.4) is 0 Å². The minimum Gasteiger partial charge on any atom is -0.469 e. The van der Waals surface area contributed by atoms with Crippen molar-refractivity contribution >= 4 is 49.2 Å². The van der Waals surface area contributed by atoms with Crippen LogP contribution < -0.4 is 0 Å². The molecule has 0 radical (unpaired) electrons. The predicted octanol–water partition coefficient (Wildman–Crippen LogP) is 4.94. The number of ether oxygens (including phenoxy) is 1. The van der Waals surface area contributed by atoms with Gasteiger partial charge in [-0.05, 0) is 31.7 Å². The number of esters is 1. The van der Waals surface area contributed by atoms with Crippen LogP contribution in [-0.4, -0.2) is 23.0 Å². The average Bonchev–Trinajstić information content (AvgIpc) is 3.00. The van der Waals surface area contributed by atoms with Crippen LogP contribution in [0.15, 0.2) is 24.3 Å². The van der Waals surface area contributed by atoms with Crippen molar-refractivity contribution in [1.29, 1.82) is 0 Å². The highest BCUT2D eigenvalue weighted by molar-refractivity contribution is 7.25. The van der Waals surface area contributed by atoms with E-state index in [0.29, 0.717) is 5.15 Å². The fourth-order valence-corrected chi connectivity index (χ4v) is 4.95. The number of aromatic nitrogens is 2. The van der Waals surface area contributed by atoms with Crippen LogP contribution in [0.5, 0.6) is 0 Å². The van der Waals surface area contributed by atoms with Crippen molar-refractivity contribution in [2.75, 3.05) is 7.11 Å². The summed E-state index contributed by atoms with van der Waals surface area (Å²) in [6, 6.07) is 8.17. The number of benzene rings is 1. The summed E-state index contributed by atoms with van der Waals surface area (Å²) in [4.78, 5) is 22.0. The summed E-state index contributed by atoms with van der Waals surface area (Å²) in [6.07, 6.45) is 3.44. The average molecular weight is 361 g/mol. The van der Waals surface area contributed by atoms with Crippen LogP contribution in [-0.2, 0) is 9.53 Å². The zero-order valence-electron chi connectivity index (χ0n) is 13.3. The molecule has 1 aliphatic carbocycles. The predicted molar refractivity (Wildman–Crippen MR) is 96.6 cm³/mol. The summed E-state index contributed by atoms with van der Waals surface area (Å²) in [6.45, 7) is 0. The molecule has 1 saturated carbocycles. The van der Waals surface area contributed by atoms with E-state index in [2.05, 4.69) is 17.1 Å². The number of rotatable bonds is 2. The van der Waals surface area contributed by atoms with Crippen LogP contribution in [0, 0.1) is 5.92 Å². The molecule has 0 saturated heterocycles. The van der Waals surface area contributed by atoms with E-state index in [1.165, 1.54) is 11.8 Å². The van der Waals surface area contributed by atoms with Gasteiger partial charge in [-0.25, -0.2) is 9.97 Å². The second-order valence-corrected chi connectivity index (χ2v) is 7.61. The molecule has 1 aliphatic rings. The van der Waals surface area contributed by atoms with Crippen molar-refractivity contribution in [3.63, 3.8) is 0 Å². The van der Waals surface area contributed by atoms with E-state index in [4.69, 9.17) is 21.3 Å². The number of nitrogens with zero attached hydrogens (tertiary/aromatic N) is 2. The van der Waals surface area contributed by atoms with Crippen LogP contribution in [0.4, 0.5) is 0 Å². The van der Waals surface area contributed by atoms with Gasteiger partial charge in [0, 0.05) is 16.0 Å². The molecule has 124 valence electrons. The Hall–Kier alpha value is -1.72. The maximum atomic E-state index is 11.7. The normalized spacial score (nSPS) is 21.2. The fraction of sp³-hybridized carbons (Fsp3) is 0.389. The zero-order valence-corrected chi connectivity index (χ0v) is 14.9. The van der Waals surface area contributed by atoms with E-state index in [1.807, 2.05) is 12.1 Å². The third-order valence-corrected chi connectivity index (χ3v) is 6.18. The minimum atomic E-state index is -0.104. The Morgan fingerprint density at radius 2 is 1.96 bits per heavy atom. The Balaban J connectivity index is 1.66. The molecule has 4 nitrogen and oxygen atoms in total. The SMILES string of the molecule is COC(=O)C1CCC(c2nc(Cl)c3c(n2)sc2ccccc23)CC1. The van der Waals surface area contributed by atoms with Crippen LogP contribution in [0.25, 0.3) is 20.3 Å².